The van der Waals surface area contributed by atoms with Gasteiger partial charge >= 0.3 is 0 Å². The number of aliphatic imine (C=N–C) groups is 1. The molecule has 0 amide bonds. The maximum absolute atomic E-state index is 14.2. The summed E-state index contributed by atoms with van der Waals surface area (Å²) in [5.41, 5.74) is -0.219. The highest BCUT2D eigenvalue weighted by Crippen LogP contribution is 2.42. The molecular formula is C16H21F2N3. The van der Waals surface area contributed by atoms with E-state index in [0.717, 1.165) is 51.2 Å². The van der Waals surface area contributed by atoms with Crippen LogP contribution in [0.4, 0.5) is 8.78 Å². The Bertz CT molecular complexity index is 516. The van der Waals surface area contributed by atoms with Gasteiger partial charge in [0.15, 0.2) is 5.96 Å². The summed E-state index contributed by atoms with van der Waals surface area (Å²) in [5.74, 6) is -0.112. The van der Waals surface area contributed by atoms with Crippen LogP contribution in [-0.2, 0) is 5.41 Å². The van der Waals surface area contributed by atoms with Gasteiger partial charge < -0.3 is 10.6 Å². The summed E-state index contributed by atoms with van der Waals surface area (Å²) in [7, 11) is 0. The molecule has 0 aromatic heterocycles. The smallest absolute Gasteiger partial charge is 0.191 e. The Hall–Kier alpha value is -1.65. The van der Waals surface area contributed by atoms with Crippen LogP contribution < -0.4 is 10.6 Å². The van der Waals surface area contributed by atoms with Crippen LogP contribution in [0.25, 0.3) is 0 Å². The zero-order valence-corrected chi connectivity index (χ0v) is 12.1. The Morgan fingerprint density at radius 3 is 2.48 bits per heavy atom. The van der Waals surface area contributed by atoms with Crippen molar-refractivity contribution >= 4 is 5.96 Å². The van der Waals surface area contributed by atoms with Gasteiger partial charge in [-0.3, -0.25) is 4.99 Å². The molecule has 3 rings (SSSR count). The molecule has 1 heterocycles. The van der Waals surface area contributed by atoms with Crippen molar-refractivity contribution in [3.63, 3.8) is 0 Å². The first-order valence-corrected chi connectivity index (χ1v) is 7.68. The van der Waals surface area contributed by atoms with E-state index in [0.29, 0.717) is 6.54 Å². The second kappa shape index (κ2) is 6.00. The van der Waals surface area contributed by atoms with Crippen molar-refractivity contribution < 1.29 is 8.78 Å². The highest BCUT2D eigenvalue weighted by molar-refractivity contribution is 5.80. The van der Waals surface area contributed by atoms with Crippen molar-refractivity contribution in [1.29, 1.82) is 0 Å². The van der Waals surface area contributed by atoms with Gasteiger partial charge in [0.2, 0.25) is 0 Å². The number of guanidine groups is 1. The minimum absolute atomic E-state index is 0.242. The van der Waals surface area contributed by atoms with Gasteiger partial charge in [0.25, 0.3) is 0 Å². The predicted molar refractivity (Wildman–Crippen MR) is 79.4 cm³/mol. The number of nitrogens with zero attached hydrogens (tertiary/aromatic N) is 1. The highest BCUT2D eigenvalue weighted by atomic mass is 19.1. The van der Waals surface area contributed by atoms with E-state index in [-0.39, 0.29) is 5.56 Å². The average molecular weight is 293 g/mol. The topological polar surface area (TPSA) is 36.4 Å². The monoisotopic (exact) mass is 293 g/mol. The lowest BCUT2D eigenvalue weighted by atomic mass is 9.78. The van der Waals surface area contributed by atoms with Gasteiger partial charge in [-0.1, -0.05) is 18.9 Å². The van der Waals surface area contributed by atoms with E-state index in [1.54, 1.807) is 0 Å². The Morgan fingerprint density at radius 1 is 1.14 bits per heavy atom. The molecule has 1 aliphatic carbocycles. The van der Waals surface area contributed by atoms with Crippen LogP contribution in [0.1, 0.15) is 37.7 Å². The molecule has 0 bridgehead atoms. The zero-order valence-electron chi connectivity index (χ0n) is 12.1. The summed E-state index contributed by atoms with van der Waals surface area (Å²) in [4.78, 5) is 4.37. The average Bonchev–Trinajstić information content (AvgIpc) is 2.96. The predicted octanol–water partition coefficient (Wildman–Crippen LogP) is 2.72. The third kappa shape index (κ3) is 2.87. The zero-order chi connectivity index (χ0) is 14.7. The molecule has 0 spiro atoms. The summed E-state index contributed by atoms with van der Waals surface area (Å²) in [6.45, 7) is 2.22. The molecule has 1 saturated carbocycles. The minimum atomic E-state index is -0.461. The quantitative estimate of drug-likeness (QED) is 0.899. The van der Waals surface area contributed by atoms with Crippen molar-refractivity contribution in [1.82, 2.24) is 10.6 Å². The summed E-state index contributed by atoms with van der Waals surface area (Å²) in [6.07, 6.45) is 4.67. The highest BCUT2D eigenvalue weighted by Gasteiger charge is 2.40. The van der Waals surface area contributed by atoms with Crippen LogP contribution in [-0.4, -0.2) is 25.6 Å². The fourth-order valence-electron chi connectivity index (χ4n) is 3.48. The minimum Gasteiger partial charge on any atom is -0.356 e. The van der Waals surface area contributed by atoms with Crippen LogP contribution in [0.15, 0.2) is 23.2 Å². The van der Waals surface area contributed by atoms with E-state index in [1.165, 1.54) is 18.2 Å². The van der Waals surface area contributed by atoms with Crippen LogP contribution in [0.3, 0.4) is 0 Å². The third-order valence-electron chi connectivity index (χ3n) is 4.55. The van der Waals surface area contributed by atoms with E-state index >= 15 is 0 Å². The lowest BCUT2D eigenvalue weighted by molar-refractivity contribution is 0.386. The maximum Gasteiger partial charge on any atom is 0.191 e. The molecule has 1 aromatic carbocycles. The Balaban J connectivity index is 1.84. The molecule has 2 N–H and O–H groups in total. The normalized spacial score (nSPS) is 20.8. The van der Waals surface area contributed by atoms with Crippen molar-refractivity contribution in [2.24, 2.45) is 4.99 Å². The van der Waals surface area contributed by atoms with Gasteiger partial charge in [0, 0.05) is 30.6 Å². The summed E-state index contributed by atoms with van der Waals surface area (Å²) >= 11 is 0. The number of nitrogens with one attached hydrogen (secondary N) is 2. The van der Waals surface area contributed by atoms with Gasteiger partial charge in [0.05, 0.1) is 0 Å². The molecule has 2 aliphatic rings. The van der Waals surface area contributed by atoms with Crippen LogP contribution in [0.2, 0.25) is 0 Å². The van der Waals surface area contributed by atoms with E-state index in [4.69, 9.17) is 0 Å². The molecular weight excluding hydrogens is 272 g/mol. The van der Waals surface area contributed by atoms with Gasteiger partial charge in [-0.05, 0) is 31.4 Å². The molecule has 3 nitrogen and oxygen atoms in total. The Morgan fingerprint density at radius 2 is 1.86 bits per heavy atom. The fourth-order valence-corrected chi connectivity index (χ4v) is 3.48. The summed E-state index contributed by atoms with van der Waals surface area (Å²) in [6, 6.07) is 4.14. The number of rotatable bonds is 3. The van der Waals surface area contributed by atoms with Crippen LogP contribution in [0, 0.1) is 11.6 Å². The number of hydrogen-bond donors (Lipinski definition) is 2. The molecule has 114 valence electrons. The molecule has 1 aromatic rings. The third-order valence-corrected chi connectivity index (χ3v) is 4.55. The lowest BCUT2D eigenvalue weighted by Crippen LogP contribution is -2.47. The molecule has 1 aliphatic heterocycles. The standard InChI is InChI=1S/C16H21F2N3/c17-12-5-3-6-13(18)14(12)16(7-1-2-8-16)11-21-15-19-9-4-10-20-15/h3,5-6H,1-2,4,7-11H2,(H2,19,20,21). The van der Waals surface area contributed by atoms with Gasteiger partial charge in [-0.25, -0.2) is 8.78 Å². The molecule has 0 unspecified atom stereocenters. The van der Waals surface area contributed by atoms with Crippen molar-refractivity contribution in [2.75, 3.05) is 19.6 Å². The van der Waals surface area contributed by atoms with Gasteiger partial charge in [-0.2, -0.15) is 0 Å². The molecule has 1 fully saturated rings. The molecule has 0 radical (unpaired) electrons. The van der Waals surface area contributed by atoms with Gasteiger partial charge in [0.1, 0.15) is 11.6 Å². The number of benzene rings is 1. The molecule has 0 saturated heterocycles. The van der Waals surface area contributed by atoms with E-state index in [2.05, 4.69) is 15.6 Å². The second-order valence-corrected chi connectivity index (χ2v) is 5.95. The largest absolute Gasteiger partial charge is 0.356 e. The van der Waals surface area contributed by atoms with Crippen molar-refractivity contribution in [2.45, 2.75) is 37.5 Å². The Labute approximate surface area is 123 Å². The van der Waals surface area contributed by atoms with Crippen molar-refractivity contribution in [3.8, 4) is 0 Å². The van der Waals surface area contributed by atoms with Crippen molar-refractivity contribution in [3.05, 3.63) is 35.4 Å². The maximum atomic E-state index is 14.2. The molecule has 21 heavy (non-hydrogen) atoms. The molecule has 0 atom stereocenters. The first kappa shape index (κ1) is 14.3. The summed E-state index contributed by atoms with van der Waals surface area (Å²) in [5, 5.41) is 6.46. The van der Waals surface area contributed by atoms with E-state index in [9.17, 15) is 8.78 Å². The fraction of sp³-hybridized carbons (Fsp3) is 0.562. The van der Waals surface area contributed by atoms with Crippen LogP contribution >= 0.6 is 0 Å². The first-order chi connectivity index (χ1) is 10.2. The second-order valence-electron chi connectivity index (χ2n) is 5.95. The SMILES string of the molecule is Fc1cccc(F)c1C1(CNC2=NCCCN2)CCCC1. The number of halogens is 2. The molecule has 5 heteroatoms. The number of hydrogen-bond acceptors (Lipinski definition) is 3. The van der Waals surface area contributed by atoms with Crippen LogP contribution in [0.5, 0.6) is 0 Å². The van der Waals surface area contributed by atoms with E-state index < -0.39 is 17.0 Å². The first-order valence-electron chi connectivity index (χ1n) is 7.68. The summed E-state index contributed by atoms with van der Waals surface area (Å²) < 4.78 is 28.4. The van der Waals surface area contributed by atoms with Gasteiger partial charge in [-0.15, -0.1) is 0 Å². The van der Waals surface area contributed by atoms with E-state index in [1.807, 2.05) is 0 Å². The Kier molecular flexibility index (Phi) is 4.08. The lowest BCUT2D eigenvalue weighted by Gasteiger charge is -2.31.